The van der Waals surface area contributed by atoms with Gasteiger partial charge in [0.1, 0.15) is 16.9 Å². The van der Waals surface area contributed by atoms with Gasteiger partial charge in [-0.1, -0.05) is 22.9 Å². The molecular formula is C17H20ClN3O3S. The third-order valence-corrected chi connectivity index (χ3v) is 5.49. The molecule has 2 aromatic rings. The fourth-order valence-corrected chi connectivity index (χ4v) is 3.57. The molecule has 3 rings (SSSR count). The van der Waals surface area contributed by atoms with Gasteiger partial charge in [-0.25, -0.2) is 0 Å². The molecule has 8 heteroatoms. The van der Waals surface area contributed by atoms with Crippen LogP contribution in [-0.4, -0.2) is 28.8 Å². The number of ether oxygens (including phenoxy) is 2. The van der Waals surface area contributed by atoms with E-state index in [-0.39, 0.29) is 12.0 Å². The highest BCUT2D eigenvalue weighted by atomic mass is 35.5. The van der Waals surface area contributed by atoms with Gasteiger partial charge < -0.3 is 9.47 Å². The quantitative estimate of drug-likeness (QED) is 0.845. The van der Waals surface area contributed by atoms with Crippen LogP contribution in [0.2, 0.25) is 5.02 Å². The summed E-state index contributed by atoms with van der Waals surface area (Å²) in [6.45, 7) is 6.24. The van der Waals surface area contributed by atoms with E-state index in [9.17, 15) is 4.79 Å². The van der Waals surface area contributed by atoms with Crippen molar-refractivity contribution < 1.29 is 14.3 Å². The van der Waals surface area contributed by atoms with Gasteiger partial charge in [0.2, 0.25) is 5.13 Å². The maximum atomic E-state index is 12.3. The maximum Gasteiger partial charge on any atom is 0.266 e. The van der Waals surface area contributed by atoms with E-state index >= 15 is 0 Å². The molecule has 1 saturated heterocycles. The van der Waals surface area contributed by atoms with E-state index in [2.05, 4.69) is 15.5 Å². The normalized spacial score (nSPS) is 18.2. The van der Waals surface area contributed by atoms with Crippen LogP contribution in [0.1, 0.15) is 42.0 Å². The number of aromatic nitrogens is 2. The molecule has 134 valence electrons. The Kier molecular flexibility index (Phi) is 5.56. The lowest BCUT2D eigenvalue weighted by atomic mass is 10.1. The van der Waals surface area contributed by atoms with Gasteiger partial charge in [0, 0.05) is 11.6 Å². The van der Waals surface area contributed by atoms with Gasteiger partial charge in [-0.3, -0.25) is 10.1 Å². The molecule has 2 heterocycles. The zero-order chi connectivity index (χ0) is 18.0. The average molecular weight is 382 g/mol. The highest BCUT2D eigenvalue weighted by Gasteiger charge is 2.23. The second-order valence-electron chi connectivity index (χ2n) is 6.07. The minimum absolute atomic E-state index is 0.00292. The number of nitrogens with zero attached hydrogens (tertiary/aromatic N) is 2. The molecule has 6 nitrogen and oxygen atoms in total. The number of benzene rings is 1. The number of carbonyl (C=O) groups is 1. The third-order valence-electron chi connectivity index (χ3n) is 3.97. The first-order chi connectivity index (χ1) is 11.9. The molecule has 0 saturated carbocycles. The van der Waals surface area contributed by atoms with Gasteiger partial charge in [-0.05, 0) is 56.9 Å². The minimum Gasteiger partial charge on any atom is -0.481 e. The van der Waals surface area contributed by atoms with Crippen molar-refractivity contribution in [3.05, 3.63) is 33.3 Å². The number of rotatable bonds is 5. The van der Waals surface area contributed by atoms with E-state index in [1.807, 2.05) is 26.0 Å². The zero-order valence-corrected chi connectivity index (χ0v) is 15.9. The Balaban J connectivity index is 1.61. The molecule has 1 N–H and O–H groups in total. The summed E-state index contributed by atoms with van der Waals surface area (Å²) >= 11 is 7.49. The van der Waals surface area contributed by atoms with Crippen molar-refractivity contribution in [3.8, 4) is 5.75 Å². The molecule has 1 fully saturated rings. The number of hydrogen-bond donors (Lipinski definition) is 1. The Morgan fingerprint density at radius 3 is 2.76 bits per heavy atom. The molecule has 1 aromatic carbocycles. The molecule has 1 amide bonds. The summed E-state index contributed by atoms with van der Waals surface area (Å²) in [6, 6.07) is 3.64. The number of halogens is 1. The molecule has 2 atom stereocenters. The standard InChI is InChI=1S/C17H20ClN3O3S/c1-9-7-12(8-10(2)14(9)18)24-11(3)15(22)19-17-21-20-16(25-17)13-5-4-6-23-13/h7-8,11,13H,4-6H2,1-3H3,(H,19,21,22). The second-order valence-corrected chi connectivity index (χ2v) is 7.45. The van der Waals surface area contributed by atoms with Gasteiger partial charge in [0.15, 0.2) is 6.10 Å². The van der Waals surface area contributed by atoms with Crippen LogP contribution >= 0.6 is 22.9 Å². The fraction of sp³-hybridized carbons (Fsp3) is 0.471. The van der Waals surface area contributed by atoms with Crippen LogP contribution in [0.15, 0.2) is 12.1 Å². The number of nitrogens with one attached hydrogen (secondary N) is 1. The van der Waals surface area contributed by atoms with Crippen LogP contribution < -0.4 is 10.1 Å². The Bertz CT molecular complexity index is 751. The molecule has 1 aromatic heterocycles. The number of carbonyl (C=O) groups excluding carboxylic acids is 1. The van der Waals surface area contributed by atoms with Crippen molar-refractivity contribution in [2.24, 2.45) is 0 Å². The van der Waals surface area contributed by atoms with Gasteiger partial charge in [0.25, 0.3) is 5.91 Å². The second kappa shape index (κ2) is 7.68. The van der Waals surface area contributed by atoms with Gasteiger partial charge in [0.05, 0.1) is 0 Å². The van der Waals surface area contributed by atoms with Crippen LogP contribution in [0, 0.1) is 13.8 Å². The lowest BCUT2D eigenvalue weighted by Crippen LogP contribution is -2.30. The van der Waals surface area contributed by atoms with Crippen LogP contribution in [0.3, 0.4) is 0 Å². The Morgan fingerprint density at radius 2 is 2.12 bits per heavy atom. The van der Waals surface area contributed by atoms with Crippen molar-refractivity contribution in [1.29, 1.82) is 0 Å². The monoisotopic (exact) mass is 381 g/mol. The molecule has 25 heavy (non-hydrogen) atoms. The molecule has 0 bridgehead atoms. The predicted octanol–water partition coefficient (Wildman–Crippen LogP) is 4.07. The summed E-state index contributed by atoms with van der Waals surface area (Å²) in [5, 5.41) is 12.8. The zero-order valence-electron chi connectivity index (χ0n) is 14.3. The summed E-state index contributed by atoms with van der Waals surface area (Å²) < 4.78 is 11.3. The lowest BCUT2D eigenvalue weighted by molar-refractivity contribution is -0.122. The van der Waals surface area contributed by atoms with Crippen molar-refractivity contribution in [1.82, 2.24) is 10.2 Å². The van der Waals surface area contributed by atoms with E-state index < -0.39 is 6.10 Å². The SMILES string of the molecule is Cc1cc(OC(C)C(=O)Nc2nnc(C3CCCO3)s2)cc(C)c1Cl. The number of aryl methyl sites for hydroxylation is 2. The third kappa shape index (κ3) is 4.29. The first-order valence-corrected chi connectivity index (χ1v) is 9.32. The van der Waals surface area contributed by atoms with Crippen LogP contribution in [0.4, 0.5) is 5.13 Å². The number of amides is 1. The summed E-state index contributed by atoms with van der Waals surface area (Å²) in [5.41, 5.74) is 1.82. The number of hydrogen-bond acceptors (Lipinski definition) is 6. The highest BCUT2D eigenvalue weighted by Crippen LogP contribution is 2.32. The first-order valence-electron chi connectivity index (χ1n) is 8.13. The van der Waals surface area contributed by atoms with Gasteiger partial charge in [-0.2, -0.15) is 0 Å². The maximum absolute atomic E-state index is 12.3. The smallest absolute Gasteiger partial charge is 0.266 e. The molecule has 0 radical (unpaired) electrons. The lowest BCUT2D eigenvalue weighted by Gasteiger charge is -2.15. The molecular weight excluding hydrogens is 362 g/mol. The van der Waals surface area contributed by atoms with E-state index in [4.69, 9.17) is 21.1 Å². The summed E-state index contributed by atoms with van der Waals surface area (Å²) in [6.07, 6.45) is 1.29. The van der Waals surface area contributed by atoms with E-state index in [1.54, 1.807) is 6.92 Å². The van der Waals surface area contributed by atoms with E-state index in [1.165, 1.54) is 11.3 Å². The Hall–Kier alpha value is -1.70. The summed E-state index contributed by atoms with van der Waals surface area (Å²) in [4.78, 5) is 12.3. The molecule has 0 spiro atoms. The largest absolute Gasteiger partial charge is 0.481 e. The number of anilines is 1. The van der Waals surface area contributed by atoms with Crippen molar-refractivity contribution in [3.63, 3.8) is 0 Å². The van der Waals surface area contributed by atoms with Gasteiger partial charge in [-0.15, -0.1) is 10.2 Å². The van der Waals surface area contributed by atoms with Crippen LogP contribution in [-0.2, 0) is 9.53 Å². The molecule has 1 aliphatic rings. The topological polar surface area (TPSA) is 73.3 Å². The first kappa shape index (κ1) is 18.1. The van der Waals surface area contributed by atoms with Crippen LogP contribution in [0.25, 0.3) is 0 Å². The fourth-order valence-electron chi connectivity index (χ4n) is 2.63. The highest BCUT2D eigenvalue weighted by molar-refractivity contribution is 7.15. The molecule has 1 aliphatic heterocycles. The minimum atomic E-state index is -0.671. The van der Waals surface area contributed by atoms with Crippen molar-refractivity contribution in [2.75, 3.05) is 11.9 Å². The van der Waals surface area contributed by atoms with E-state index in [0.717, 1.165) is 35.6 Å². The average Bonchev–Trinajstić information content (AvgIpc) is 3.23. The van der Waals surface area contributed by atoms with Gasteiger partial charge >= 0.3 is 0 Å². The van der Waals surface area contributed by atoms with E-state index in [0.29, 0.717) is 15.9 Å². The molecule has 0 aliphatic carbocycles. The Labute approximate surface area is 155 Å². The van der Waals surface area contributed by atoms with Crippen LogP contribution in [0.5, 0.6) is 5.75 Å². The Morgan fingerprint density at radius 1 is 1.40 bits per heavy atom. The summed E-state index contributed by atoms with van der Waals surface area (Å²) in [7, 11) is 0. The summed E-state index contributed by atoms with van der Waals surface area (Å²) in [5.74, 6) is 0.333. The van der Waals surface area contributed by atoms with Crippen molar-refractivity contribution >= 4 is 34.0 Å². The predicted molar refractivity (Wildman–Crippen MR) is 97.5 cm³/mol. The molecule has 2 unspecified atom stereocenters. The van der Waals surface area contributed by atoms with Crippen molar-refractivity contribution in [2.45, 2.75) is 45.8 Å².